The third kappa shape index (κ3) is 4.23. The van der Waals surface area contributed by atoms with E-state index in [2.05, 4.69) is 15.3 Å². The van der Waals surface area contributed by atoms with E-state index < -0.39 is 5.91 Å². The molecule has 0 bridgehead atoms. The summed E-state index contributed by atoms with van der Waals surface area (Å²) in [6.45, 7) is 4.64. The number of carbonyl (C=O) groups excluding carboxylic acids is 1. The van der Waals surface area contributed by atoms with E-state index in [-0.39, 0.29) is 18.3 Å². The molecule has 0 radical (unpaired) electrons. The van der Waals surface area contributed by atoms with Gasteiger partial charge in [0.25, 0.3) is 5.91 Å². The van der Waals surface area contributed by atoms with Crippen LogP contribution in [0.25, 0.3) is 20.8 Å². The molecule has 3 aromatic rings. The molecule has 2 aromatic heterocycles. The Kier molecular flexibility index (Phi) is 5.98. The molecule has 3 rings (SSSR count). The zero-order valence-electron chi connectivity index (χ0n) is 15.4. The highest BCUT2D eigenvalue weighted by molar-refractivity contribution is 7.21. The summed E-state index contributed by atoms with van der Waals surface area (Å²) in [6.07, 6.45) is 1.69. The van der Waals surface area contributed by atoms with Crippen molar-refractivity contribution in [1.29, 1.82) is 0 Å². The van der Waals surface area contributed by atoms with Crippen molar-refractivity contribution in [2.75, 3.05) is 18.5 Å². The molecule has 0 aliphatic heterocycles. The maximum absolute atomic E-state index is 11.6. The lowest BCUT2D eigenvalue weighted by atomic mass is 10.0. The number of hydrogen-bond donors (Lipinski definition) is 3. The van der Waals surface area contributed by atoms with Gasteiger partial charge in [0.15, 0.2) is 0 Å². The number of nitrogens with two attached hydrogens (primary N) is 1. The van der Waals surface area contributed by atoms with Crippen molar-refractivity contribution in [1.82, 2.24) is 15.0 Å². The van der Waals surface area contributed by atoms with Crippen LogP contribution in [0.4, 0.5) is 5.82 Å². The second-order valence-corrected chi connectivity index (χ2v) is 7.41. The number of fused-ring (bicyclic) bond motifs is 1. The number of thiazole rings is 1. The molecule has 0 fully saturated rings. The summed E-state index contributed by atoms with van der Waals surface area (Å²) in [6, 6.07) is 7.90. The average Bonchev–Trinajstić information content (AvgIpc) is 3.08. The van der Waals surface area contributed by atoms with Gasteiger partial charge in [-0.3, -0.25) is 4.79 Å². The molecule has 0 spiro atoms. The standard InChI is InChI=1S/C19H23N5O2S/c1-3-12(10-25)8-9-21-17-15(11(2)22-18(24-17)16(20)26)19-23-13-6-4-5-7-14(13)27-19/h4-7,12,25H,3,8-10H2,1-2H3,(H2,20,26)(H,21,22,24). The number of hydrogen-bond acceptors (Lipinski definition) is 7. The SMILES string of the molecule is CCC(CO)CCNc1nc(C(N)=O)nc(C)c1-c1nc2ccccc2s1. The first-order valence-corrected chi connectivity index (χ1v) is 9.74. The van der Waals surface area contributed by atoms with Crippen LogP contribution < -0.4 is 11.1 Å². The molecule has 1 amide bonds. The van der Waals surface area contributed by atoms with E-state index in [0.717, 1.165) is 33.6 Å². The summed E-state index contributed by atoms with van der Waals surface area (Å²) in [5, 5.41) is 13.5. The molecule has 1 aromatic carbocycles. The molecule has 7 nitrogen and oxygen atoms in total. The van der Waals surface area contributed by atoms with Crippen molar-refractivity contribution < 1.29 is 9.90 Å². The zero-order valence-corrected chi connectivity index (χ0v) is 16.2. The first-order chi connectivity index (χ1) is 13.0. The predicted octanol–water partition coefficient (Wildman–Crippen LogP) is 2.98. The molecule has 0 aliphatic carbocycles. The third-order valence-corrected chi connectivity index (χ3v) is 5.55. The minimum Gasteiger partial charge on any atom is -0.396 e. The van der Waals surface area contributed by atoms with Gasteiger partial charge >= 0.3 is 0 Å². The minimum atomic E-state index is -0.668. The maximum atomic E-state index is 11.6. The first-order valence-electron chi connectivity index (χ1n) is 8.92. The Morgan fingerprint density at radius 2 is 2.07 bits per heavy atom. The Labute approximate surface area is 161 Å². The normalized spacial score (nSPS) is 12.3. The van der Waals surface area contributed by atoms with Crippen molar-refractivity contribution in [2.24, 2.45) is 11.7 Å². The quantitative estimate of drug-likeness (QED) is 0.549. The predicted molar refractivity (Wildman–Crippen MR) is 108 cm³/mol. The van der Waals surface area contributed by atoms with E-state index in [1.807, 2.05) is 38.1 Å². The van der Waals surface area contributed by atoms with E-state index >= 15 is 0 Å². The third-order valence-electron chi connectivity index (χ3n) is 4.50. The van der Waals surface area contributed by atoms with E-state index in [1.54, 1.807) is 11.3 Å². The van der Waals surface area contributed by atoms with Gasteiger partial charge in [0.05, 0.1) is 21.5 Å². The number of anilines is 1. The van der Waals surface area contributed by atoms with Crippen LogP contribution in [0.2, 0.25) is 0 Å². The summed E-state index contributed by atoms with van der Waals surface area (Å²) in [5.41, 5.74) is 7.72. The number of nitrogens with zero attached hydrogens (tertiary/aromatic N) is 3. The summed E-state index contributed by atoms with van der Waals surface area (Å²) in [7, 11) is 0. The highest BCUT2D eigenvalue weighted by atomic mass is 32.1. The Balaban J connectivity index is 1.99. The van der Waals surface area contributed by atoms with Crippen LogP contribution >= 0.6 is 11.3 Å². The van der Waals surface area contributed by atoms with Crippen LogP contribution in [-0.2, 0) is 0 Å². The second kappa shape index (κ2) is 8.41. The number of nitrogens with one attached hydrogen (secondary N) is 1. The zero-order chi connectivity index (χ0) is 19.4. The van der Waals surface area contributed by atoms with Gasteiger partial charge in [-0.1, -0.05) is 25.5 Å². The molecule has 1 unspecified atom stereocenters. The molecule has 0 saturated carbocycles. The average molecular weight is 385 g/mol. The summed E-state index contributed by atoms with van der Waals surface area (Å²) in [4.78, 5) is 24.9. The number of aliphatic hydroxyl groups excluding tert-OH is 1. The lowest BCUT2D eigenvalue weighted by Crippen LogP contribution is -2.19. The molecular weight excluding hydrogens is 362 g/mol. The fourth-order valence-corrected chi connectivity index (χ4v) is 3.93. The maximum Gasteiger partial charge on any atom is 0.286 e. The van der Waals surface area contributed by atoms with Gasteiger partial charge < -0.3 is 16.2 Å². The number of rotatable bonds is 8. The lowest BCUT2D eigenvalue weighted by Gasteiger charge is -2.15. The van der Waals surface area contributed by atoms with Gasteiger partial charge in [-0.15, -0.1) is 11.3 Å². The van der Waals surface area contributed by atoms with Crippen molar-refractivity contribution in [3.8, 4) is 10.6 Å². The van der Waals surface area contributed by atoms with Crippen LogP contribution in [0.3, 0.4) is 0 Å². The Morgan fingerprint density at radius 1 is 1.30 bits per heavy atom. The monoisotopic (exact) mass is 385 g/mol. The van der Waals surface area contributed by atoms with Crippen LogP contribution in [0, 0.1) is 12.8 Å². The summed E-state index contributed by atoms with van der Waals surface area (Å²) >= 11 is 1.55. The first kappa shape index (κ1) is 19.2. The van der Waals surface area contributed by atoms with Crippen molar-refractivity contribution in [3.05, 3.63) is 35.8 Å². The number of aromatic nitrogens is 3. The van der Waals surface area contributed by atoms with Gasteiger partial charge in [-0.25, -0.2) is 15.0 Å². The van der Waals surface area contributed by atoms with Crippen molar-refractivity contribution in [3.63, 3.8) is 0 Å². The number of aryl methyl sites for hydroxylation is 1. The number of primary amides is 1. The largest absolute Gasteiger partial charge is 0.396 e. The molecule has 27 heavy (non-hydrogen) atoms. The molecule has 0 aliphatic rings. The number of carbonyl (C=O) groups is 1. The topological polar surface area (TPSA) is 114 Å². The van der Waals surface area contributed by atoms with Gasteiger partial charge in [0.1, 0.15) is 10.8 Å². The van der Waals surface area contributed by atoms with E-state index in [0.29, 0.717) is 18.1 Å². The number of aliphatic hydroxyl groups is 1. The molecular formula is C19H23N5O2S. The molecule has 142 valence electrons. The Bertz CT molecular complexity index is 919. The highest BCUT2D eigenvalue weighted by Gasteiger charge is 2.19. The van der Waals surface area contributed by atoms with Gasteiger partial charge in [0.2, 0.25) is 5.82 Å². The molecule has 1 atom stereocenters. The number of benzene rings is 1. The Hall–Kier alpha value is -2.58. The summed E-state index contributed by atoms with van der Waals surface area (Å²) in [5.74, 6) is 0.0814. The smallest absolute Gasteiger partial charge is 0.286 e. The van der Waals surface area contributed by atoms with Crippen LogP contribution in [0.5, 0.6) is 0 Å². The van der Waals surface area contributed by atoms with Crippen LogP contribution in [0.15, 0.2) is 24.3 Å². The molecule has 4 N–H and O–H groups in total. The van der Waals surface area contributed by atoms with Crippen molar-refractivity contribution in [2.45, 2.75) is 26.7 Å². The second-order valence-electron chi connectivity index (χ2n) is 6.38. The minimum absolute atomic E-state index is 0.0194. The molecule has 2 heterocycles. The van der Waals surface area contributed by atoms with Crippen LogP contribution in [0.1, 0.15) is 36.1 Å². The Morgan fingerprint density at radius 3 is 2.74 bits per heavy atom. The van der Waals surface area contributed by atoms with Gasteiger partial charge in [-0.05, 0) is 31.4 Å². The van der Waals surface area contributed by atoms with E-state index in [1.165, 1.54) is 0 Å². The lowest BCUT2D eigenvalue weighted by molar-refractivity contribution is 0.0990. The van der Waals surface area contributed by atoms with Gasteiger partial charge in [0, 0.05) is 13.2 Å². The van der Waals surface area contributed by atoms with Crippen LogP contribution in [-0.4, -0.2) is 39.1 Å². The molecule has 0 saturated heterocycles. The number of amides is 1. The summed E-state index contributed by atoms with van der Waals surface area (Å²) < 4.78 is 1.07. The molecule has 8 heteroatoms. The fraction of sp³-hybridized carbons (Fsp3) is 0.368. The highest BCUT2D eigenvalue weighted by Crippen LogP contribution is 2.35. The van der Waals surface area contributed by atoms with Crippen molar-refractivity contribution >= 4 is 33.3 Å². The van der Waals surface area contributed by atoms with Gasteiger partial charge in [-0.2, -0.15) is 0 Å². The van der Waals surface area contributed by atoms with E-state index in [4.69, 9.17) is 10.7 Å². The fourth-order valence-electron chi connectivity index (χ4n) is 2.87. The number of para-hydroxylation sites is 1. The van der Waals surface area contributed by atoms with E-state index in [9.17, 15) is 9.90 Å².